The third kappa shape index (κ3) is 2.20. The third-order valence-corrected chi connectivity index (χ3v) is 2.90. The highest BCUT2D eigenvalue weighted by molar-refractivity contribution is 5.71. The lowest BCUT2D eigenvalue weighted by atomic mass is 10.1. The second kappa shape index (κ2) is 4.57. The van der Waals surface area contributed by atoms with Gasteiger partial charge in [-0.05, 0) is 24.3 Å². The Balaban J connectivity index is 2.04. The van der Waals surface area contributed by atoms with Crippen molar-refractivity contribution in [2.45, 2.75) is 0 Å². The van der Waals surface area contributed by atoms with Crippen LogP contribution in [0.15, 0.2) is 54.6 Å². The predicted octanol–water partition coefficient (Wildman–Crippen LogP) is 3.59. The number of hydrogen-bond donors (Lipinski definition) is 2. The molecule has 0 unspecified atom stereocenters. The summed E-state index contributed by atoms with van der Waals surface area (Å²) < 4.78 is 13.2. The van der Waals surface area contributed by atoms with Gasteiger partial charge in [0, 0.05) is 11.1 Å². The Morgan fingerprint density at radius 3 is 2.58 bits per heavy atom. The number of rotatable bonds is 2. The van der Waals surface area contributed by atoms with E-state index in [2.05, 4.69) is 10.2 Å². The van der Waals surface area contributed by atoms with Crippen LogP contribution < -0.4 is 0 Å². The van der Waals surface area contributed by atoms with Gasteiger partial charge in [-0.2, -0.15) is 5.10 Å². The standard InChI is InChI=1S/C15H11FN2O/c16-11-6-7-15(19)12(8-11)14-9-13(17-18-14)10-4-2-1-3-5-10/h1-9,19H,(H,17,18). The Morgan fingerprint density at radius 1 is 1.00 bits per heavy atom. The Labute approximate surface area is 109 Å². The number of phenolic OH excluding ortho intramolecular Hbond substituents is 1. The number of aromatic nitrogens is 2. The Kier molecular flexibility index (Phi) is 2.76. The van der Waals surface area contributed by atoms with E-state index in [0.717, 1.165) is 11.3 Å². The van der Waals surface area contributed by atoms with Gasteiger partial charge in [-0.3, -0.25) is 5.10 Å². The van der Waals surface area contributed by atoms with Gasteiger partial charge in [0.2, 0.25) is 0 Å². The first-order valence-electron chi connectivity index (χ1n) is 5.84. The summed E-state index contributed by atoms with van der Waals surface area (Å²) in [5.41, 5.74) is 2.69. The van der Waals surface area contributed by atoms with Gasteiger partial charge in [0.15, 0.2) is 0 Å². The molecule has 0 radical (unpaired) electrons. The zero-order chi connectivity index (χ0) is 13.2. The number of aromatic amines is 1. The molecule has 0 aliphatic rings. The molecule has 0 aliphatic carbocycles. The average Bonchev–Trinajstić information content (AvgIpc) is 2.92. The van der Waals surface area contributed by atoms with Gasteiger partial charge in [0.1, 0.15) is 11.6 Å². The van der Waals surface area contributed by atoms with Crippen LogP contribution in [-0.4, -0.2) is 15.3 Å². The van der Waals surface area contributed by atoms with Gasteiger partial charge < -0.3 is 5.11 Å². The van der Waals surface area contributed by atoms with E-state index in [1.807, 2.05) is 30.3 Å². The quantitative estimate of drug-likeness (QED) is 0.734. The number of nitrogens with one attached hydrogen (secondary N) is 1. The van der Waals surface area contributed by atoms with E-state index in [-0.39, 0.29) is 5.75 Å². The molecule has 1 aromatic heterocycles. The van der Waals surface area contributed by atoms with Gasteiger partial charge in [0.05, 0.1) is 11.4 Å². The van der Waals surface area contributed by atoms with Gasteiger partial charge in [-0.1, -0.05) is 30.3 Å². The molecule has 0 saturated carbocycles. The second-order valence-corrected chi connectivity index (χ2v) is 4.19. The van der Waals surface area contributed by atoms with Gasteiger partial charge in [-0.25, -0.2) is 4.39 Å². The van der Waals surface area contributed by atoms with Crippen molar-refractivity contribution in [1.82, 2.24) is 10.2 Å². The molecule has 0 atom stereocenters. The molecule has 0 aliphatic heterocycles. The van der Waals surface area contributed by atoms with Crippen molar-refractivity contribution in [3.05, 3.63) is 60.4 Å². The lowest BCUT2D eigenvalue weighted by Crippen LogP contribution is -1.81. The van der Waals surface area contributed by atoms with Gasteiger partial charge in [-0.15, -0.1) is 0 Å². The molecule has 2 N–H and O–H groups in total. The van der Waals surface area contributed by atoms with Crippen molar-refractivity contribution in [2.75, 3.05) is 0 Å². The van der Waals surface area contributed by atoms with E-state index in [0.29, 0.717) is 11.3 Å². The number of H-pyrrole nitrogens is 1. The highest BCUT2D eigenvalue weighted by Crippen LogP contribution is 2.30. The lowest BCUT2D eigenvalue weighted by Gasteiger charge is -2.00. The van der Waals surface area contributed by atoms with E-state index < -0.39 is 5.82 Å². The van der Waals surface area contributed by atoms with E-state index in [1.54, 1.807) is 6.07 Å². The van der Waals surface area contributed by atoms with Gasteiger partial charge in [0.25, 0.3) is 0 Å². The van der Waals surface area contributed by atoms with Crippen molar-refractivity contribution < 1.29 is 9.50 Å². The maximum atomic E-state index is 13.2. The van der Waals surface area contributed by atoms with Crippen molar-refractivity contribution in [2.24, 2.45) is 0 Å². The topological polar surface area (TPSA) is 48.9 Å². The fourth-order valence-electron chi connectivity index (χ4n) is 1.94. The molecule has 3 rings (SSSR count). The van der Waals surface area contributed by atoms with Crippen LogP contribution in [0.3, 0.4) is 0 Å². The molecule has 0 spiro atoms. The molecule has 0 fully saturated rings. The fourth-order valence-corrected chi connectivity index (χ4v) is 1.94. The monoisotopic (exact) mass is 254 g/mol. The lowest BCUT2D eigenvalue weighted by molar-refractivity contribution is 0.475. The second-order valence-electron chi connectivity index (χ2n) is 4.19. The average molecular weight is 254 g/mol. The molecule has 1 heterocycles. The minimum absolute atomic E-state index is 0.0182. The third-order valence-electron chi connectivity index (χ3n) is 2.90. The summed E-state index contributed by atoms with van der Waals surface area (Å²) >= 11 is 0. The minimum Gasteiger partial charge on any atom is -0.507 e. The SMILES string of the molecule is Oc1ccc(F)cc1-c1cc(-c2ccccc2)n[nH]1. The molecule has 3 nitrogen and oxygen atoms in total. The molecule has 3 aromatic rings. The molecule has 0 saturated heterocycles. The first-order valence-corrected chi connectivity index (χ1v) is 5.84. The summed E-state index contributed by atoms with van der Waals surface area (Å²) in [6.07, 6.45) is 0. The Bertz CT molecular complexity index is 707. The predicted molar refractivity (Wildman–Crippen MR) is 71.1 cm³/mol. The van der Waals surface area contributed by atoms with Crippen LogP contribution in [0.1, 0.15) is 0 Å². The largest absolute Gasteiger partial charge is 0.507 e. The Morgan fingerprint density at radius 2 is 1.79 bits per heavy atom. The van der Waals surface area contributed by atoms with Crippen LogP contribution in [0.2, 0.25) is 0 Å². The highest BCUT2D eigenvalue weighted by Gasteiger charge is 2.10. The number of hydrogen-bond acceptors (Lipinski definition) is 2. The van der Waals surface area contributed by atoms with Crippen LogP contribution in [0, 0.1) is 5.82 Å². The molecular formula is C15H11FN2O. The summed E-state index contributed by atoms with van der Waals surface area (Å²) in [6.45, 7) is 0. The molecule has 2 aromatic carbocycles. The number of halogens is 1. The molecule has 0 bridgehead atoms. The van der Waals surface area contributed by atoms with E-state index in [9.17, 15) is 9.50 Å². The first-order chi connectivity index (χ1) is 9.24. The zero-order valence-electron chi connectivity index (χ0n) is 9.97. The van der Waals surface area contributed by atoms with Crippen molar-refractivity contribution in [1.29, 1.82) is 0 Å². The van der Waals surface area contributed by atoms with Crippen molar-refractivity contribution >= 4 is 0 Å². The zero-order valence-corrected chi connectivity index (χ0v) is 9.97. The summed E-state index contributed by atoms with van der Waals surface area (Å²) in [4.78, 5) is 0. The maximum absolute atomic E-state index is 13.2. The van der Waals surface area contributed by atoms with E-state index >= 15 is 0 Å². The molecule has 4 heteroatoms. The number of benzene rings is 2. The van der Waals surface area contributed by atoms with Crippen LogP contribution in [0.25, 0.3) is 22.5 Å². The minimum atomic E-state index is -0.399. The highest BCUT2D eigenvalue weighted by atomic mass is 19.1. The normalized spacial score (nSPS) is 10.6. The van der Waals surface area contributed by atoms with Crippen LogP contribution in [-0.2, 0) is 0 Å². The van der Waals surface area contributed by atoms with Crippen molar-refractivity contribution in [3.8, 4) is 28.3 Å². The molecule has 94 valence electrons. The van der Waals surface area contributed by atoms with Crippen LogP contribution in [0.5, 0.6) is 5.75 Å². The smallest absolute Gasteiger partial charge is 0.125 e. The summed E-state index contributed by atoms with van der Waals surface area (Å²) in [5, 5.41) is 16.7. The molecule has 19 heavy (non-hydrogen) atoms. The molecule has 0 amide bonds. The summed E-state index contributed by atoms with van der Waals surface area (Å²) in [7, 11) is 0. The van der Waals surface area contributed by atoms with E-state index in [1.165, 1.54) is 18.2 Å². The number of phenols is 1. The summed E-state index contributed by atoms with van der Waals surface area (Å²) in [5.74, 6) is -0.381. The number of aromatic hydroxyl groups is 1. The first kappa shape index (κ1) is 11.5. The molecular weight excluding hydrogens is 243 g/mol. The maximum Gasteiger partial charge on any atom is 0.125 e. The van der Waals surface area contributed by atoms with Crippen LogP contribution in [0.4, 0.5) is 4.39 Å². The van der Waals surface area contributed by atoms with Gasteiger partial charge >= 0.3 is 0 Å². The Hall–Kier alpha value is -2.62. The fraction of sp³-hybridized carbons (Fsp3) is 0. The number of nitrogens with zero attached hydrogens (tertiary/aromatic N) is 1. The van der Waals surface area contributed by atoms with Crippen LogP contribution >= 0.6 is 0 Å². The van der Waals surface area contributed by atoms with Crippen molar-refractivity contribution in [3.63, 3.8) is 0 Å². The van der Waals surface area contributed by atoms with E-state index in [4.69, 9.17) is 0 Å². The summed E-state index contributed by atoms with van der Waals surface area (Å²) in [6, 6.07) is 15.2.